The number of hydrogen-bond donors (Lipinski definition) is 2. The second kappa shape index (κ2) is 6.55. The molecule has 4 nitrogen and oxygen atoms in total. The van der Waals surface area contributed by atoms with Crippen molar-refractivity contribution in [3.05, 3.63) is 66.0 Å². The van der Waals surface area contributed by atoms with Crippen molar-refractivity contribution in [3.63, 3.8) is 0 Å². The van der Waals surface area contributed by atoms with E-state index in [2.05, 4.69) is 39.8 Å². The van der Waals surface area contributed by atoms with Crippen LogP contribution in [0.5, 0.6) is 0 Å². The smallest absolute Gasteiger partial charge is 0.123 e. The van der Waals surface area contributed by atoms with E-state index in [9.17, 15) is 4.39 Å². The molecule has 0 spiro atoms. The second-order valence-electron chi connectivity index (χ2n) is 5.86. The summed E-state index contributed by atoms with van der Waals surface area (Å²) in [4.78, 5) is 0. The fourth-order valence-electron chi connectivity index (χ4n) is 2.89. The summed E-state index contributed by atoms with van der Waals surface area (Å²) in [6.07, 6.45) is 0.113. The van der Waals surface area contributed by atoms with Crippen LogP contribution >= 0.6 is 0 Å². The average molecular weight is 323 g/mol. The molecule has 0 bridgehead atoms. The van der Waals surface area contributed by atoms with Gasteiger partial charge in [-0.15, -0.1) is 0 Å². The SMILES string of the molecule is Fc1ccc(-c2cc(-c3ccc(C4CNCCO4)cc3)n[nH]2)cc1. The maximum atomic E-state index is 13.0. The number of ether oxygens (including phenoxy) is 1. The van der Waals surface area contributed by atoms with Crippen molar-refractivity contribution in [2.24, 2.45) is 0 Å². The van der Waals surface area contributed by atoms with Gasteiger partial charge in [-0.3, -0.25) is 5.10 Å². The van der Waals surface area contributed by atoms with Crippen molar-refractivity contribution in [1.82, 2.24) is 15.5 Å². The lowest BCUT2D eigenvalue weighted by Crippen LogP contribution is -2.33. The Morgan fingerprint density at radius 1 is 1.00 bits per heavy atom. The van der Waals surface area contributed by atoms with Gasteiger partial charge in [0.25, 0.3) is 0 Å². The van der Waals surface area contributed by atoms with E-state index in [1.54, 1.807) is 12.1 Å². The lowest BCUT2D eigenvalue weighted by Gasteiger charge is -2.24. The fraction of sp³-hybridized carbons (Fsp3) is 0.211. The summed E-state index contributed by atoms with van der Waals surface area (Å²) in [5.74, 6) is -0.242. The molecule has 4 rings (SSSR count). The molecule has 2 heterocycles. The molecule has 0 aliphatic carbocycles. The third kappa shape index (κ3) is 3.09. The van der Waals surface area contributed by atoms with Crippen LogP contribution in [0, 0.1) is 5.82 Å². The fourth-order valence-corrected chi connectivity index (χ4v) is 2.89. The van der Waals surface area contributed by atoms with E-state index >= 15 is 0 Å². The largest absolute Gasteiger partial charge is 0.371 e. The highest BCUT2D eigenvalue weighted by molar-refractivity contribution is 5.68. The van der Waals surface area contributed by atoms with E-state index in [1.807, 2.05) is 6.07 Å². The molecule has 2 N–H and O–H groups in total. The molecule has 1 fully saturated rings. The third-order valence-electron chi connectivity index (χ3n) is 4.24. The van der Waals surface area contributed by atoms with E-state index < -0.39 is 0 Å². The Labute approximate surface area is 139 Å². The van der Waals surface area contributed by atoms with Crippen molar-refractivity contribution < 1.29 is 9.13 Å². The first-order valence-electron chi connectivity index (χ1n) is 8.03. The van der Waals surface area contributed by atoms with Crippen LogP contribution in [-0.4, -0.2) is 29.9 Å². The van der Waals surface area contributed by atoms with Crippen LogP contribution in [0.1, 0.15) is 11.7 Å². The lowest BCUT2D eigenvalue weighted by molar-refractivity contribution is 0.0277. The molecule has 122 valence electrons. The standard InChI is InChI=1S/C19H18FN3O/c20-16-7-5-14(6-8-16)18-11-17(22-23-18)13-1-3-15(4-2-13)19-12-21-9-10-24-19/h1-8,11,19,21H,9-10,12H2,(H,22,23). The maximum absolute atomic E-state index is 13.0. The first kappa shape index (κ1) is 15.1. The summed E-state index contributed by atoms with van der Waals surface area (Å²) in [6, 6.07) is 16.6. The second-order valence-corrected chi connectivity index (χ2v) is 5.86. The molecule has 0 saturated carbocycles. The van der Waals surface area contributed by atoms with Crippen LogP contribution in [-0.2, 0) is 4.74 Å². The molecule has 24 heavy (non-hydrogen) atoms. The molecule has 1 atom stereocenters. The van der Waals surface area contributed by atoms with E-state index in [1.165, 1.54) is 17.7 Å². The van der Waals surface area contributed by atoms with Crippen LogP contribution in [0.25, 0.3) is 22.5 Å². The summed E-state index contributed by atoms with van der Waals surface area (Å²) >= 11 is 0. The summed E-state index contributed by atoms with van der Waals surface area (Å²) in [5, 5.41) is 10.7. The Balaban J connectivity index is 1.54. The molecule has 1 saturated heterocycles. The average Bonchev–Trinajstić information content (AvgIpc) is 3.13. The van der Waals surface area contributed by atoms with Crippen LogP contribution in [0.4, 0.5) is 4.39 Å². The van der Waals surface area contributed by atoms with Crippen molar-refractivity contribution in [1.29, 1.82) is 0 Å². The first-order chi connectivity index (χ1) is 11.8. The highest BCUT2D eigenvalue weighted by atomic mass is 19.1. The molecule has 0 radical (unpaired) electrons. The van der Waals surface area contributed by atoms with Gasteiger partial charge in [0.15, 0.2) is 0 Å². The minimum atomic E-state index is -0.242. The van der Waals surface area contributed by atoms with Crippen molar-refractivity contribution in [2.75, 3.05) is 19.7 Å². The summed E-state index contributed by atoms with van der Waals surface area (Å²) in [6.45, 7) is 2.50. The summed E-state index contributed by atoms with van der Waals surface area (Å²) < 4.78 is 18.8. The van der Waals surface area contributed by atoms with Crippen molar-refractivity contribution in [2.45, 2.75) is 6.10 Å². The van der Waals surface area contributed by atoms with Crippen LogP contribution in [0.3, 0.4) is 0 Å². The van der Waals surface area contributed by atoms with Gasteiger partial charge < -0.3 is 10.1 Å². The molecule has 5 heteroatoms. The number of aromatic amines is 1. The molecule has 2 aromatic carbocycles. The van der Waals surface area contributed by atoms with E-state index in [0.29, 0.717) is 0 Å². The molecule has 1 aromatic heterocycles. The van der Waals surface area contributed by atoms with Crippen LogP contribution in [0.15, 0.2) is 54.6 Å². The van der Waals surface area contributed by atoms with Gasteiger partial charge in [-0.05, 0) is 41.5 Å². The predicted octanol–water partition coefficient (Wildman–Crippen LogP) is 3.54. The Bertz CT molecular complexity index is 805. The maximum Gasteiger partial charge on any atom is 0.123 e. The van der Waals surface area contributed by atoms with Gasteiger partial charge in [-0.1, -0.05) is 24.3 Å². The molecule has 1 unspecified atom stereocenters. The zero-order valence-corrected chi connectivity index (χ0v) is 13.1. The first-order valence-corrected chi connectivity index (χ1v) is 8.03. The number of nitrogens with one attached hydrogen (secondary N) is 2. The Morgan fingerprint density at radius 3 is 2.46 bits per heavy atom. The number of H-pyrrole nitrogens is 1. The zero-order chi connectivity index (χ0) is 16.4. The quantitative estimate of drug-likeness (QED) is 0.775. The molecular weight excluding hydrogens is 305 g/mol. The summed E-state index contributed by atoms with van der Waals surface area (Å²) in [5.41, 5.74) is 4.85. The van der Waals surface area contributed by atoms with Gasteiger partial charge >= 0.3 is 0 Å². The Hall–Kier alpha value is -2.50. The Morgan fingerprint density at radius 2 is 1.75 bits per heavy atom. The normalized spacial score (nSPS) is 17.8. The van der Waals surface area contributed by atoms with Crippen molar-refractivity contribution in [3.8, 4) is 22.5 Å². The highest BCUT2D eigenvalue weighted by Crippen LogP contribution is 2.26. The van der Waals surface area contributed by atoms with E-state index in [0.717, 1.165) is 42.2 Å². The predicted molar refractivity (Wildman–Crippen MR) is 91.0 cm³/mol. The molecule has 3 aromatic rings. The minimum Gasteiger partial charge on any atom is -0.371 e. The Kier molecular flexibility index (Phi) is 4.11. The van der Waals surface area contributed by atoms with Crippen LogP contribution < -0.4 is 5.32 Å². The number of nitrogens with zero attached hydrogens (tertiary/aromatic N) is 1. The topological polar surface area (TPSA) is 49.9 Å². The number of halogens is 1. The molecule has 0 amide bonds. The van der Waals surface area contributed by atoms with Gasteiger partial charge in [0, 0.05) is 18.7 Å². The highest BCUT2D eigenvalue weighted by Gasteiger charge is 2.15. The van der Waals surface area contributed by atoms with E-state index in [4.69, 9.17) is 4.74 Å². The van der Waals surface area contributed by atoms with Gasteiger partial charge in [-0.2, -0.15) is 5.10 Å². The van der Waals surface area contributed by atoms with Gasteiger partial charge in [0.05, 0.1) is 24.1 Å². The number of benzene rings is 2. The van der Waals surface area contributed by atoms with Gasteiger partial charge in [0.2, 0.25) is 0 Å². The van der Waals surface area contributed by atoms with Gasteiger partial charge in [0.1, 0.15) is 5.82 Å². The number of aromatic nitrogens is 2. The minimum absolute atomic E-state index is 0.113. The lowest BCUT2D eigenvalue weighted by atomic mass is 10.0. The van der Waals surface area contributed by atoms with Crippen LogP contribution in [0.2, 0.25) is 0 Å². The third-order valence-corrected chi connectivity index (χ3v) is 4.24. The van der Waals surface area contributed by atoms with Gasteiger partial charge in [-0.25, -0.2) is 4.39 Å². The number of hydrogen-bond acceptors (Lipinski definition) is 3. The summed E-state index contributed by atoms with van der Waals surface area (Å²) in [7, 11) is 0. The molecule has 1 aliphatic rings. The molecule has 1 aliphatic heterocycles. The molecular formula is C19H18FN3O. The zero-order valence-electron chi connectivity index (χ0n) is 13.1. The monoisotopic (exact) mass is 323 g/mol. The van der Waals surface area contributed by atoms with E-state index in [-0.39, 0.29) is 11.9 Å². The van der Waals surface area contributed by atoms with Crippen molar-refractivity contribution >= 4 is 0 Å². The number of morpholine rings is 1. The number of rotatable bonds is 3.